The number of hydrogen-bond donors (Lipinski definition) is 1. The predicted octanol–water partition coefficient (Wildman–Crippen LogP) is 0.851. The zero-order valence-electron chi connectivity index (χ0n) is 9.00. The van der Waals surface area contributed by atoms with Crippen LogP contribution >= 0.6 is 0 Å². The summed E-state index contributed by atoms with van der Waals surface area (Å²) in [7, 11) is 0. The molecule has 0 aromatic carbocycles. The summed E-state index contributed by atoms with van der Waals surface area (Å²) in [6.45, 7) is 7.00. The molecular weight excluding hydrogens is 176 g/mol. The molecule has 2 heterocycles. The van der Waals surface area contributed by atoms with Crippen LogP contribution in [0, 0.1) is 0 Å². The third-order valence-corrected chi connectivity index (χ3v) is 3.14. The fourth-order valence-electron chi connectivity index (χ4n) is 2.35. The SMILES string of the molecule is C1COC(CN2CCCNCCC2)C1. The largest absolute Gasteiger partial charge is 0.377 e. The summed E-state index contributed by atoms with van der Waals surface area (Å²) in [6, 6.07) is 0. The van der Waals surface area contributed by atoms with Crippen molar-refractivity contribution < 1.29 is 4.74 Å². The number of hydrogen-bond acceptors (Lipinski definition) is 3. The second-order valence-electron chi connectivity index (χ2n) is 4.39. The average molecular weight is 198 g/mol. The lowest BCUT2D eigenvalue weighted by Gasteiger charge is -2.27. The van der Waals surface area contributed by atoms with Gasteiger partial charge in [0.2, 0.25) is 0 Å². The van der Waals surface area contributed by atoms with Gasteiger partial charge in [0.15, 0.2) is 0 Å². The molecule has 82 valence electrons. The Hall–Kier alpha value is -0.120. The maximum atomic E-state index is 5.67. The maximum Gasteiger partial charge on any atom is 0.0702 e. The molecule has 0 saturated carbocycles. The number of nitrogens with zero attached hydrogens (tertiary/aromatic N) is 1. The summed E-state index contributed by atoms with van der Waals surface area (Å²) >= 11 is 0. The molecule has 2 aliphatic rings. The topological polar surface area (TPSA) is 24.5 Å². The van der Waals surface area contributed by atoms with E-state index in [2.05, 4.69) is 10.2 Å². The van der Waals surface area contributed by atoms with E-state index in [0.717, 1.165) is 6.61 Å². The van der Waals surface area contributed by atoms with Crippen molar-refractivity contribution in [1.29, 1.82) is 0 Å². The van der Waals surface area contributed by atoms with E-state index in [9.17, 15) is 0 Å². The number of rotatable bonds is 2. The Balaban J connectivity index is 1.70. The fourth-order valence-corrected chi connectivity index (χ4v) is 2.35. The molecule has 0 spiro atoms. The van der Waals surface area contributed by atoms with Gasteiger partial charge in [-0.2, -0.15) is 0 Å². The Kier molecular flexibility index (Phi) is 4.22. The molecule has 2 aliphatic heterocycles. The standard InChI is InChI=1S/C11H22N2O/c1-4-11(14-9-1)10-13-7-2-5-12-6-3-8-13/h11-12H,1-10H2. The average Bonchev–Trinajstić information content (AvgIpc) is 2.62. The van der Waals surface area contributed by atoms with Gasteiger partial charge in [-0.3, -0.25) is 0 Å². The molecule has 3 heteroatoms. The van der Waals surface area contributed by atoms with E-state index in [4.69, 9.17) is 4.74 Å². The van der Waals surface area contributed by atoms with E-state index in [1.165, 1.54) is 58.4 Å². The minimum absolute atomic E-state index is 0.530. The summed E-state index contributed by atoms with van der Waals surface area (Å²) in [6.07, 6.45) is 5.64. The highest BCUT2D eigenvalue weighted by Gasteiger charge is 2.19. The second-order valence-corrected chi connectivity index (χ2v) is 4.39. The monoisotopic (exact) mass is 198 g/mol. The quantitative estimate of drug-likeness (QED) is 0.712. The van der Waals surface area contributed by atoms with E-state index in [1.807, 2.05) is 0 Å². The van der Waals surface area contributed by atoms with Crippen molar-refractivity contribution >= 4 is 0 Å². The van der Waals surface area contributed by atoms with Gasteiger partial charge in [-0.05, 0) is 51.9 Å². The number of nitrogens with one attached hydrogen (secondary N) is 1. The summed E-state index contributed by atoms with van der Waals surface area (Å²) in [5.74, 6) is 0. The Labute approximate surface area is 86.8 Å². The molecule has 0 bridgehead atoms. The summed E-state index contributed by atoms with van der Waals surface area (Å²) in [5, 5.41) is 3.44. The first-order valence-corrected chi connectivity index (χ1v) is 6.00. The van der Waals surface area contributed by atoms with Crippen LogP contribution in [0.2, 0.25) is 0 Å². The first kappa shape index (κ1) is 10.4. The Bertz CT molecular complexity index is 149. The molecule has 1 atom stereocenters. The molecule has 1 unspecified atom stereocenters. The van der Waals surface area contributed by atoms with Gasteiger partial charge < -0.3 is 15.0 Å². The van der Waals surface area contributed by atoms with Crippen LogP contribution in [0.5, 0.6) is 0 Å². The van der Waals surface area contributed by atoms with E-state index in [-0.39, 0.29) is 0 Å². The van der Waals surface area contributed by atoms with Crippen LogP contribution in [-0.4, -0.2) is 50.3 Å². The molecule has 0 aliphatic carbocycles. The van der Waals surface area contributed by atoms with Crippen LogP contribution in [0.3, 0.4) is 0 Å². The van der Waals surface area contributed by atoms with E-state index >= 15 is 0 Å². The lowest BCUT2D eigenvalue weighted by Crippen LogP contribution is -2.38. The smallest absolute Gasteiger partial charge is 0.0702 e. The third-order valence-electron chi connectivity index (χ3n) is 3.14. The molecule has 2 rings (SSSR count). The van der Waals surface area contributed by atoms with Crippen molar-refractivity contribution in [3.8, 4) is 0 Å². The van der Waals surface area contributed by atoms with Gasteiger partial charge >= 0.3 is 0 Å². The Morgan fingerprint density at radius 2 is 1.93 bits per heavy atom. The molecule has 3 nitrogen and oxygen atoms in total. The molecule has 0 aromatic rings. The van der Waals surface area contributed by atoms with Crippen molar-refractivity contribution in [2.75, 3.05) is 39.3 Å². The molecule has 0 radical (unpaired) electrons. The highest BCUT2D eigenvalue weighted by atomic mass is 16.5. The minimum Gasteiger partial charge on any atom is -0.377 e. The predicted molar refractivity (Wildman–Crippen MR) is 57.5 cm³/mol. The molecule has 0 amide bonds. The van der Waals surface area contributed by atoms with Crippen molar-refractivity contribution in [2.45, 2.75) is 31.8 Å². The zero-order chi connectivity index (χ0) is 9.64. The van der Waals surface area contributed by atoms with Gasteiger partial charge in [0.25, 0.3) is 0 Å². The van der Waals surface area contributed by atoms with Crippen molar-refractivity contribution in [2.24, 2.45) is 0 Å². The van der Waals surface area contributed by atoms with Gasteiger partial charge in [-0.25, -0.2) is 0 Å². The highest BCUT2D eigenvalue weighted by molar-refractivity contribution is 4.72. The first-order valence-electron chi connectivity index (χ1n) is 6.00. The summed E-state index contributed by atoms with van der Waals surface area (Å²) in [5.41, 5.74) is 0. The number of ether oxygens (including phenoxy) is 1. The normalized spacial score (nSPS) is 31.3. The summed E-state index contributed by atoms with van der Waals surface area (Å²) in [4.78, 5) is 2.58. The van der Waals surface area contributed by atoms with E-state index in [1.54, 1.807) is 0 Å². The third kappa shape index (κ3) is 3.23. The van der Waals surface area contributed by atoms with E-state index in [0.29, 0.717) is 6.10 Å². The lowest BCUT2D eigenvalue weighted by molar-refractivity contribution is 0.0710. The van der Waals surface area contributed by atoms with Crippen LogP contribution in [0.1, 0.15) is 25.7 Å². The zero-order valence-corrected chi connectivity index (χ0v) is 9.00. The van der Waals surface area contributed by atoms with Crippen LogP contribution in [0.4, 0.5) is 0 Å². The highest BCUT2D eigenvalue weighted by Crippen LogP contribution is 2.13. The van der Waals surface area contributed by atoms with E-state index < -0.39 is 0 Å². The molecule has 2 saturated heterocycles. The van der Waals surface area contributed by atoms with Gasteiger partial charge in [-0.15, -0.1) is 0 Å². The Morgan fingerprint density at radius 3 is 2.57 bits per heavy atom. The Morgan fingerprint density at radius 1 is 1.14 bits per heavy atom. The fraction of sp³-hybridized carbons (Fsp3) is 1.00. The van der Waals surface area contributed by atoms with Crippen molar-refractivity contribution in [1.82, 2.24) is 10.2 Å². The van der Waals surface area contributed by atoms with Gasteiger partial charge in [0.05, 0.1) is 6.10 Å². The van der Waals surface area contributed by atoms with Gasteiger partial charge in [-0.1, -0.05) is 0 Å². The maximum absolute atomic E-state index is 5.67. The molecule has 1 N–H and O–H groups in total. The minimum atomic E-state index is 0.530. The van der Waals surface area contributed by atoms with Crippen LogP contribution < -0.4 is 5.32 Å². The lowest BCUT2D eigenvalue weighted by atomic mass is 10.2. The molecule has 2 fully saturated rings. The molecule has 0 aromatic heterocycles. The first-order chi connectivity index (χ1) is 6.95. The summed E-state index contributed by atoms with van der Waals surface area (Å²) < 4.78 is 5.67. The second kappa shape index (κ2) is 5.69. The molecular formula is C11H22N2O. The van der Waals surface area contributed by atoms with Crippen molar-refractivity contribution in [3.63, 3.8) is 0 Å². The van der Waals surface area contributed by atoms with Gasteiger partial charge in [0, 0.05) is 13.2 Å². The van der Waals surface area contributed by atoms with Crippen LogP contribution in [0.15, 0.2) is 0 Å². The van der Waals surface area contributed by atoms with Gasteiger partial charge in [0.1, 0.15) is 0 Å². The van der Waals surface area contributed by atoms with Crippen LogP contribution in [0.25, 0.3) is 0 Å². The van der Waals surface area contributed by atoms with Crippen molar-refractivity contribution in [3.05, 3.63) is 0 Å². The van der Waals surface area contributed by atoms with Crippen LogP contribution in [-0.2, 0) is 4.74 Å². The molecule has 14 heavy (non-hydrogen) atoms.